The number of carbonyl (C=O) groups is 11. The highest BCUT2D eigenvalue weighted by molar-refractivity contribution is 6.80. The fourth-order valence-corrected chi connectivity index (χ4v) is 11.0. The number of aliphatic carboxylic acids is 1. The fraction of sp³-hybridized carbons (Fsp3) is 0.380. The quantitative estimate of drug-likeness (QED) is 0.0164. The van der Waals surface area contributed by atoms with E-state index in [0.29, 0.717) is 72.3 Å². The predicted octanol–water partition coefficient (Wildman–Crippen LogP) is 18.1. The third-order valence-corrected chi connectivity index (χ3v) is 16.5. The molecule has 0 unspecified atom stereocenters. The molecular formula is C79H96ClF12N7O16. The van der Waals surface area contributed by atoms with Crippen molar-refractivity contribution in [2.24, 2.45) is 28.2 Å². The monoisotopic (exact) mass is 1660 g/mol. The number of amides is 3. The van der Waals surface area contributed by atoms with Crippen LogP contribution in [0.2, 0.25) is 0 Å². The Morgan fingerprint density at radius 1 is 0.435 bits per heavy atom. The number of Topliss-reactive ketones (excluding diaryl/α,β-unsaturated/α-hetero) is 2. The lowest BCUT2D eigenvalue weighted by atomic mass is 10.1. The van der Waals surface area contributed by atoms with E-state index in [1.165, 1.54) is 63.4 Å². The van der Waals surface area contributed by atoms with E-state index in [2.05, 4.69) is 25.4 Å². The zero-order valence-electron chi connectivity index (χ0n) is 63.2. The van der Waals surface area contributed by atoms with Crippen LogP contribution in [0.25, 0.3) is 0 Å². The number of carboxylic acids is 1. The van der Waals surface area contributed by atoms with Crippen molar-refractivity contribution in [3.8, 4) is 0 Å². The fourth-order valence-electron chi connectivity index (χ4n) is 10.9. The van der Waals surface area contributed by atoms with Crippen LogP contribution in [0.3, 0.4) is 0 Å². The molecule has 115 heavy (non-hydrogen) atoms. The number of ether oxygens (including phenoxy) is 4. The molecule has 0 saturated carbocycles. The van der Waals surface area contributed by atoms with E-state index in [-0.39, 0.29) is 111 Å². The van der Waals surface area contributed by atoms with Crippen molar-refractivity contribution in [1.82, 2.24) is 18.3 Å². The van der Waals surface area contributed by atoms with Crippen molar-refractivity contribution >= 4 is 93.0 Å². The smallest absolute Gasteiger partial charge is 0.419 e. The van der Waals surface area contributed by atoms with Gasteiger partial charge in [-0.05, 0) is 203 Å². The van der Waals surface area contributed by atoms with Gasteiger partial charge in [-0.2, -0.15) is 39.5 Å². The number of anilines is 3. The highest BCUT2D eigenvalue weighted by Gasteiger charge is 2.38. The summed E-state index contributed by atoms with van der Waals surface area (Å²) in [6, 6.07) is 10.2. The first-order chi connectivity index (χ1) is 51.3. The van der Waals surface area contributed by atoms with Crippen LogP contribution in [0.1, 0.15) is 202 Å². The number of nitrogens with zero attached hydrogens (tertiary/aromatic N) is 4. The number of rotatable bonds is 17. The van der Waals surface area contributed by atoms with E-state index in [1.807, 2.05) is 72.2 Å². The van der Waals surface area contributed by atoms with Gasteiger partial charge in [0, 0.05) is 80.0 Å². The molecule has 634 valence electrons. The van der Waals surface area contributed by atoms with E-state index >= 15 is 0 Å². The third-order valence-electron chi connectivity index (χ3n) is 16.4. The number of halogens is 13. The SMILES string of the molecule is C.C.C.C.CCOC(=O)C(=O)Cl.CCOC(=O)C(=O)c1c(C)c(C(=O)Nc2ccc(F)c(C(F)(F)F)c2)n(C)c1C.CCOC(=O)C1=C(C)C=C(C)C1.CCOC(=O)c1c(C)cc(C)n1C.Cc1c(C(=O)C(=O)O)c(C)n(C)c1C(=O)Nc1ccc(F)c(C(F)(F)F)c1.Cc1cc(C)n(C)c1C(=O)Nc1ccc(F)c(C(F)(F)F)c1. The number of carbonyl (C=O) groups excluding carboxylic acids is 10. The Kier molecular flexibility index (Phi) is 41.1. The molecule has 1 aliphatic rings. The van der Waals surface area contributed by atoms with Crippen LogP contribution >= 0.6 is 11.6 Å². The van der Waals surface area contributed by atoms with Crippen LogP contribution in [0.5, 0.6) is 0 Å². The van der Waals surface area contributed by atoms with Crippen molar-refractivity contribution in [2.45, 2.75) is 152 Å². The van der Waals surface area contributed by atoms with Gasteiger partial charge in [-0.15, -0.1) is 0 Å². The van der Waals surface area contributed by atoms with Crippen molar-refractivity contribution < 1.29 is 129 Å². The lowest BCUT2D eigenvalue weighted by Gasteiger charge is -2.12. The zero-order chi connectivity index (χ0) is 85.1. The standard InChI is InChI=1S/C19H18F4N2O4.C17H14F4N2O4.C15H14F4N2O.C10H15NO2.C10H14O2.C4H5ClO3.4CH4/c1-5-29-18(28)16(26)14-9(2)15(25(4)10(14)3)17(27)24-11-6-7-13(20)12(8-11)19(21,22)23;1-7-12(14(24)16(26)27)8(2)23(3)13(7)15(25)22-9-4-5-11(18)10(6-9)17(19,20)21;1-8-6-9(2)21(3)13(8)14(22)20-10-4-5-12(16)11(7-10)15(17,18)19;1-5-13-10(12)9-7(2)6-8(3)11(9)4;1-4-12-10(11)9-6-7(2)5-8(9)3;1-2-8-4(7)3(5)6;;;;/h6-8H,5H2,1-4H3,(H,24,27);4-6H,1-3H3,(H,22,25)(H,26,27);4-7H,1-3H3,(H,20,22);6H,5H2,1-4H3;5H,4,6H2,1-3H3;2H2,1H3;4*1H4. The van der Waals surface area contributed by atoms with Crippen molar-refractivity contribution in [3.63, 3.8) is 0 Å². The molecule has 0 atom stereocenters. The third kappa shape index (κ3) is 27.6. The second kappa shape index (κ2) is 44.8. The summed E-state index contributed by atoms with van der Waals surface area (Å²) in [5, 5.41) is 14.6. The van der Waals surface area contributed by atoms with Crippen LogP contribution in [-0.4, -0.2) is 114 Å². The Hall–Kier alpha value is -11.5. The molecule has 0 aliphatic heterocycles. The average molecular weight is 1660 g/mol. The number of allylic oxidation sites excluding steroid dienone is 3. The molecule has 4 N–H and O–H groups in total. The van der Waals surface area contributed by atoms with Gasteiger partial charge >= 0.3 is 53.6 Å². The summed E-state index contributed by atoms with van der Waals surface area (Å²) in [7, 11) is 6.42. The van der Waals surface area contributed by atoms with Crippen LogP contribution < -0.4 is 16.0 Å². The van der Waals surface area contributed by atoms with Gasteiger partial charge in [-0.1, -0.05) is 41.4 Å². The Morgan fingerprint density at radius 2 is 0.748 bits per heavy atom. The minimum atomic E-state index is -4.94. The summed E-state index contributed by atoms with van der Waals surface area (Å²) in [4.78, 5) is 127. The molecule has 0 fully saturated rings. The maximum atomic E-state index is 13.4. The summed E-state index contributed by atoms with van der Waals surface area (Å²) in [6.07, 6.45) is -11.9. The molecule has 0 radical (unpaired) electrons. The first-order valence-electron chi connectivity index (χ1n) is 33.0. The second-order valence-electron chi connectivity index (χ2n) is 24.1. The number of aromatic nitrogens is 4. The molecule has 7 aromatic rings. The first-order valence-corrected chi connectivity index (χ1v) is 33.3. The Bertz CT molecular complexity index is 4800. The van der Waals surface area contributed by atoms with Crippen LogP contribution in [-0.2, 0) is 89.6 Å². The highest BCUT2D eigenvalue weighted by Crippen LogP contribution is 2.37. The molecule has 4 aromatic heterocycles. The van der Waals surface area contributed by atoms with Gasteiger partial charge < -0.3 is 58.3 Å². The largest absolute Gasteiger partial charge is 0.475 e. The van der Waals surface area contributed by atoms with Crippen molar-refractivity contribution in [3.05, 3.63) is 203 Å². The molecule has 1 aliphatic carbocycles. The van der Waals surface area contributed by atoms with Gasteiger partial charge in [0.25, 0.3) is 29.3 Å². The summed E-state index contributed by atoms with van der Waals surface area (Å²) in [5.41, 5.74) is 2.92. The summed E-state index contributed by atoms with van der Waals surface area (Å²) < 4.78 is 180. The Morgan fingerprint density at radius 3 is 1.03 bits per heavy atom. The van der Waals surface area contributed by atoms with E-state index in [4.69, 9.17) is 26.2 Å². The van der Waals surface area contributed by atoms with E-state index in [0.717, 1.165) is 52.7 Å². The Labute approximate surface area is 663 Å². The predicted molar refractivity (Wildman–Crippen MR) is 409 cm³/mol. The maximum absolute atomic E-state index is 13.4. The lowest BCUT2D eigenvalue weighted by molar-refractivity contribution is -0.150. The average Bonchev–Trinajstić information content (AvgIpc) is 1.65. The minimum absolute atomic E-state index is 0. The molecule has 4 heterocycles. The highest BCUT2D eigenvalue weighted by atomic mass is 35.5. The first kappa shape index (κ1) is 106. The number of alkyl halides is 9. The summed E-state index contributed by atoms with van der Waals surface area (Å²) in [6.45, 7) is 24.9. The number of hydrogen-bond donors (Lipinski definition) is 4. The van der Waals surface area contributed by atoms with E-state index in [9.17, 15) is 105 Å². The molecule has 0 saturated heterocycles. The number of hydrogen-bond acceptors (Lipinski definition) is 15. The lowest BCUT2D eigenvalue weighted by Crippen LogP contribution is -2.19. The number of aryl methyl sites for hydroxylation is 4. The normalized spacial score (nSPS) is 11.2. The summed E-state index contributed by atoms with van der Waals surface area (Å²) >= 11 is 4.69. The van der Waals surface area contributed by atoms with Crippen molar-refractivity contribution in [1.29, 1.82) is 0 Å². The maximum Gasteiger partial charge on any atom is 0.419 e. The van der Waals surface area contributed by atoms with Gasteiger partial charge in [0.2, 0.25) is 0 Å². The van der Waals surface area contributed by atoms with E-state index < -0.39 is 105 Å². The molecule has 8 rings (SSSR count). The minimum Gasteiger partial charge on any atom is -0.475 e. The molecule has 3 amide bonds. The molecule has 23 nitrogen and oxygen atoms in total. The molecule has 36 heteroatoms. The van der Waals surface area contributed by atoms with Crippen LogP contribution in [0.15, 0.2) is 89.5 Å². The van der Waals surface area contributed by atoms with Crippen LogP contribution in [0, 0.1) is 72.8 Å². The zero-order valence-corrected chi connectivity index (χ0v) is 64.0. The van der Waals surface area contributed by atoms with Gasteiger partial charge in [0.1, 0.15) is 40.2 Å². The van der Waals surface area contributed by atoms with Crippen LogP contribution in [0.4, 0.5) is 69.7 Å². The topological polar surface area (TPSA) is 301 Å². The number of benzene rings is 3. The van der Waals surface area contributed by atoms with E-state index in [1.54, 1.807) is 31.5 Å². The van der Waals surface area contributed by atoms with Gasteiger partial charge in [-0.25, -0.2) is 37.1 Å². The molecular weight excluding hydrogens is 1570 g/mol. The number of ketones is 2. The second-order valence-corrected chi connectivity index (χ2v) is 24.5. The number of nitrogens with one attached hydrogen (secondary N) is 3. The molecule has 0 bridgehead atoms. The van der Waals surface area contributed by atoms with Gasteiger partial charge in [0.05, 0.1) is 54.2 Å². The summed E-state index contributed by atoms with van der Waals surface area (Å²) in [5.74, 6) is -12.9. The van der Waals surface area contributed by atoms with Gasteiger partial charge in [-0.3, -0.25) is 28.8 Å². The number of esters is 4. The molecule has 3 aromatic carbocycles. The van der Waals surface area contributed by atoms with Gasteiger partial charge in [0.15, 0.2) is 0 Å². The molecule has 0 spiro atoms. The number of carboxylic acid groups (broad SMARTS) is 1. The Balaban J connectivity index is 0. The van der Waals surface area contributed by atoms with Crippen molar-refractivity contribution in [2.75, 3.05) is 42.4 Å².